The molecule has 0 bridgehead atoms. The zero-order valence-electron chi connectivity index (χ0n) is 13.6. The zero-order valence-corrected chi connectivity index (χ0v) is 13.6. The van der Waals surface area contributed by atoms with Crippen LogP contribution < -0.4 is 0 Å². The summed E-state index contributed by atoms with van der Waals surface area (Å²) in [7, 11) is 2.02. The van der Waals surface area contributed by atoms with Gasteiger partial charge in [0.1, 0.15) is 11.6 Å². The van der Waals surface area contributed by atoms with Crippen LogP contribution in [0.4, 0.5) is 0 Å². The fourth-order valence-electron chi connectivity index (χ4n) is 3.43. The van der Waals surface area contributed by atoms with E-state index in [2.05, 4.69) is 19.7 Å². The first kappa shape index (κ1) is 16.4. The van der Waals surface area contributed by atoms with E-state index in [1.165, 1.54) is 0 Å². The molecule has 0 amide bonds. The molecule has 128 valence electrons. The van der Waals surface area contributed by atoms with E-state index in [1.807, 2.05) is 11.9 Å². The molecule has 8 heteroatoms. The molecule has 3 rings (SSSR count). The van der Waals surface area contributed by atoms with Gasteiger partial charge in [-0.2, -0.15) is 0 Å². The maximum absolute atomic E-state index is 10.9. The first-order chi connectivity index (χ1) is 11.1. The van der Waals surface area contributed by atoms with Gasteiger partial charge in [-0.3, -0.25) is 14.6 Å². The Morgan fingerprint density at radius 2 is 2.04 bits per heavy atom. The molecule has 23 heavy (non-hydrogen) atoms. The summed E-state index contributed by atoms with van der Waals surface area (Å²) in [5.74, 6) is 1.44. The number of rotatable bonds is 5. The number of carboxylic acid groups (broad SMARTS) is 1. The molecule has 0 aromatic carbocycles. The largest absolute Gasteiger partial charge is 0.480 e. The summed E-state index contributed by atoms with van der Waals surface area (Å²) in [4.78, 5) is 15.2. The van der Waals surface area contributed by atoms with Gasteiger partial charge >= 0.3 is 5.97 Å². The van der Waals surface area contributed by atoms with E-state index in [-0.39, 0.29) is 12.5 Å². The number of hydrogen-bond donors (Lipinski definition) is 1. The number of piperidine rings is 1. The number of aromatic nitrogens is 3. The molecule has 2 saturated heterocycles. The summed E-state index contributed by atoms with van der Waals surface area (Å²) in [6.45, 7) is 5.90. The minimum absolute atomic E-state index is 0.106. The smallest absolute Gasteiger partial charge is 0.317 e. The quantitative estimate of drug-likeness (QED) is 0.811. The molecule has 1 N–H and O–H groups in total. The third-order valence-corrected chi connectivity index (χ3v) is 4.70. The third-order valence-electron chi connectivity index (χ3n) is 4.70. The van der Waals surface area contributed by atoms with Crippen molar-refractivity contribution in [2.75, 3.05) is 45.9 Å². The molecule has 0 radical (unpaired) electrons. The van der Waals surface area contributed by atoms with Gasteiger partial charge in [0.25, 0.3) is 0 Å². The number of morpholine rings is 1. The van der Waals surface area contributed by atoms with Crippen LogP contribution in [0.3, 0.4) is 0 Å². The van der Waals surface area contributed by atoms with Crippen LogP contribution in [0.1, 0.15) is 30.4 Å². The fraction of sp³-hybridized carbons (Fsp3) is 0.800. The van der Waals surface area contributed by atoms with Gasteiger partial charge in [0.05, 0.1) is 26.3 Å². The monoisotopic (exact) mass is 323 g/mol. The molecular weight excluding hydrogens is 298 g/mol. The summed E-state index contributed by atoms with van der Waals surface area (Å²) in [5.41, 5.74) is 0. The second-order valence-corrected chi connectivity index (χ2v) is 6.39. The molecule has 1 unspecified atom stereocenters. The first-order valence-corrected chi connectivity index (χ1v) is 8.26. The van der Waals surface area contributed by atoms with Crippen LogP contribution in [-0.4, -0.2) is 81.6 Å². The lowest BCUT2D eigenvalue weighted by molar-refractivity contribution is -0.138. The molecule has 3 heterocycles. The van der Waals surface area contributed by atoms with Gasteiger partial charge in [-0.05, 0) is 19.4 Å². The van der Waals surface area contributed by atoms with Gasteiger partial charge in [-0.25, -0.2) is 0 Å². The van der Waals surface area contributed by atoms with Crippen molar-refractivity contribution < 1.29 is 14.6 Å². The molecule has 2 aliphatic rings. The fourth-order valence-corrected chi connectivity index (χ4v) is 3.43. The molecule has 0 spiro atoms. The topological polar surface area (TPSA) is 83.7 Å². The highest BCUT2D eigenvalue weighted by molar-refractivity contribution is 5.69. The number of hydrogen-bond acceptors (Lipinski definition) is 6. The van der Waals surface area contributed by atoms with E-state index in [4.69, 9.17) is 9.84 Å². The molecule has 2 fully saturated rings. The SMILES string of the molecule is Cn1c(CN2CCOCC2)nnc1C1CCCN(CC(=O)O)C1. The Kier molecular flexibility index (Phi) is 5.24. The molecule has 1 aromatic heterocycles. The van der Waals surface area contributed by atoms with Crippen molar-refractivity contribution in [3.05, 3.63) is 11.6 Å². The lowest BCUT2D eigenvalue weighted by atomic mass is 9.97. The molecule has 1 aromatic rings. The highest BCUT2D eigenvalue weighted by atomic mass is 16.5. The average Bonchev–Trinajstić information content (AvgIpc) is 2.89. The van der Waals surface area contributed by atoms with E-state index >= 15 is 0 Å². The summed E-state index contributed by atoms with van der Waals surface area (Å²) in [5, 5.41) is 17.7. The number of nitrogens with zero attached hydrogens (tertiary/aromatic N) is 5. The molecule has 1 atom stereocenters. The summed E-state index contributed by atoms with van der Waals surface area (Å²) < 4.78 is 7.46. The molecule has 0 aliphatic carbocycles. The highest BCUT2D eigenvalue weighted by Gasteiger charge is 2.27. The maximum Gasteiger partial charge on any atom is 0.317 e. The van der Waals surface area contributed by atoms with E-state index in [0.29, 0.717) is 0 Å². The summed E-state index contributed by atoms with van der Waals surface area (Å²) in [6, 6.07) is 0. The van der Waals surface area contributed by atoms with Gasteiger partial charge in [-0.15, -0.1) is 10.2 Å². The number of carbonyl (C=O) groups is 1. The standard InChI is InChI=1S/C15H25N5O3/c1-18-13(10-19-5-7-23-8-6-19)16-17-15(18)12-3-2-4-20(9-12)11-14(21)22/h12H,2-11H2,1H3,(H,21,22). The average molecular weight is 323 g/mol. The van der Waals surface area contributed by atoms with Crippen LogP contribution in [0.25, 0.3) is 0 Å². The highest BCUT2D eigenvalue weighted by Crippen LogP contribution is 2.25. The minimum Gasteiger partial charge on any atom is -0.480 e. The van der Waals surface area contributed by atoms with Gasteiger partial charge in [0, 0.05) is 32.6 Å². The predicted molar refractivity (Wildman–Crippen MR) is 83.1 cm³/mol. The lowest BCUT2D eigenvalue weighted by Gasteiger charge is -2.31. The van der Waals surface area contributed by atoms with Gasteiger partial charge in [0.15, 0.2) is 0 Å². The van der Waals surface area contributed by atoms with Gasteiger partial charge < -0.3 is 14.4 Å². The van der Waals surface area contributed by atoms with E-state index < -0.39 is 5.97 Å². The molecule has 2 aliphatic heterocycles. The van der Waals surface area contributed by atoms with Gasteiger partial charge in [-0.1, -0.05) is 0 Å². The predicted octanol–water partition coefficient (Wildman–Crippen LogP) is -0.0887. The van der Waals surface area contributed by atoms with Crippen molar-refractivity contribution in [2.24, 2.45) is 7.05 Å². The zero-order chi connectivity index (χ0) is 16.2. The van der Waals surface area contributed by atoms with Crippen molar-refractivity contribution in [3.63, 3.8) is 0 Å². The number of aliphatic carboxylic acids is 1. The Labute approximate surface area is 136 Å². The molecular formula is C15H25N5O3. The Morgan fingerprint density at radius 1 is 1.26 bits per heavy atom. The van der Waals surface area contributed by atoms with Crippen LogP contribution in [0, 0.1) is 0 Å². The van der Waals surface area contributed by atoms with E-state index in [9.17, 15) is 4.79 Å². The Bertz CT molecular complexity index is 541. The third kappa shape index (κ3) is 4.07. The van der Waals surface area contributed by atoms with E-state index in [1.54, 1.807) is 0 Å². The Hall–Kier alpha value is -1.51. The van der Waals surface area contributed by atoms with Crippen molar-refractivity contribution in [3.8, 4) is 0 Å². The Morgan fingerprint density at radius 3 is 2.78 bits per heavy atom. The number of likely N-dealkylation sites (tertiary alicyclic amines) is 1. The van der Waals surface area contributed by atoms with Crippen molar-refractivity contribution >= 4 is 5.97 Å². The minimum atomic E-state index is -0.767. The summed E-state index contributed by atoms with van der Waals surface area (Å²) in [6.07, 6.45) is 2.04. The van der Waals surface area contributed by atoms with Crippen LogP contribution in [0.15, 0.2) is 0 Å². The normalized spacial score (nSPS) is 24.0. The maximum atomic E-state index is 10.9. The van der Waals surface area contributed by atoms with Crippen LogP contribution in [0.2, 0.25) is 0 Å². The number of carboxylic acids is 1. The van der Waals surface area contributed by atoms with Crippen molar-refractivity contribution in [1.29, 1.82) is 0 Å². The van der Waals surface area contributed by atoms with Crippen molar-refractivity contribution in [2.45, 2.75) is 25.3 Å². The Balaban J connectivity index is 1.64. The van der Waals surface area contributed by atoms with Crippen LogP contribution in [-0.2, 0) is 23.1 Å². The first-order valence-electron chi connectivity index (χ1n) is 8.26. The number of ether oxygens (including phenoxy) is 1. The van der Waals surface area contributed by atoms with Crippen molar-refractivity contribution in [1.82, 2.24) is 24.6 Å². The second kappa shape index (κ2) is 7.37. The van der Waals surface area contributed by atoms with E-state index in [0.717, 1.165) is 70.4 Å². The second-order valence-electron chi connectivity index (χ2n) is 6.39. The summed E-state index contributed by atoms with van der Waals surface area (Å²) >= 11 is 0. The lowest BCUT2D eigenvalue weighted by Crippen LogP contribution is -2.38. The molecule has 8 nitrogen and oxygen atoms in total. The van der Waals surface area contributed by atoms with Crippen LogP contribution >= 0.6 is 0 Å². The molecule has 0 saturated carbocycles. The van der Waals surface area contributed by atoms with Gasteiger partial charge in [0.2, 0.25) is 0 Å². The van der Waals surface area contributed by atoms with Crippen LogP contribution in [0.5, 0.6) is 0 Å².